The van der Waals surface area contributed by atoms with Crippen LogP contribution >= 0.6 is 0 Å². The van der Waals surface area contributed by atoms with Gasteiger partial charge in [-0.3, -0.25) is 0 Å². The molecule has 170 valence electrons. The number of unbranched alkanes of at least 4 members (excludes halogenated alkanes) is 14. The van der Waals surface area contributed by atoms with Crippen LogP contribution in [0.5, 0.6) is 0 Å². The van der Waals surface area contributed by atoms with Gasteiger partial charge in [0.1, 0.15) is 0 Å². The van der Waals surface area contributed by atoms with Crippen molar-refractivity contribution in [1.82, 2.24) is 0 Å². The molecule has 0 rings (SSSR count). The van der Waals surface area contributed by atoms with Crippen LogP contribution in [0.2, 0.25) is 6.04 Å². The standard InChI is InChI=1S/C23H50O4Si/c1-4-25-28(26-5-2,27-6-3)23-21-19-17-15-13-11-9-7-8-10-12-14-16-18-20-22-24/h24H,4-23H2,1-3H3. The second-order valence-electron chi connectivity index (χ2n) is 7.76. The number of aliphatic hydroxyl groups excluding tert-OH is 1. The van der Waals surface area contributed by atoms with E-state index in [9.17, 15) is 0 Å². The van der Waals surface area contributed by atoms with Crippen molar-refractivity contribution in [3.05, 3.63) is 0 Å². The van der Waals surface area contributed by atoms with Gasteiger partial charge in [0.05, 0.1) is 0 Å². The highest BCUT2D eigenvalue weighted by molar-refractivity contribution is 6.60. The van der Waals surface area contributed by atoms with Crippen molar-refractivity contribution in [2.45, 2.75) is 123 Å². The van der Waals surface area contributed by atoms with Crippen molar-refractivity contribution in [2.24, 2.45) is 0 Å². The molecule has 0 fully saturated rings. The maximum Gasteiger partial charge on any atom is 0.500 e. The third-order valence-corrected chi connectivity index (χ3v) is 8.39. The summed E-state index contributed by atoms with van der Waals surface area (Å²) in [6.07, 6.45) is 19.7. The highest BCUT2D eigenvalue weighted by Crippen LogP contribution is 2.21. The molecule has 0 radical (unpaired) electrons. The molecule has 0 aliphatic carbocycles. The summed E-state index contributed by atoms with van der Waals surface area (Å²) >= 11 is 0. The Kier molecular flexibility index (Phi) is 21.8. The van der Waals surface area contributed by atoms with Crippen LogP contribution in [0.3, 0.4) is 0 Å². The molecule has 0 aliphatic rings. The topological polar surface area (TPSA) is 47.9 Å². The molecule has 0 bridgehead atoms. The van der Waals surface area contributed by atoms with E-state index >= 15 is 0 Å². The van der Waals surface area contributed by atoms with Gasteiger partial charge in [-0.15, -0.1) is 0 Å². The quantitative estimate of drug-likeness (QED) is 0.145. The van der Waals surface area contributed by atoms with Gasteiger partial charge in [-0.25, -0.2) is 0 Å². The van der Waals surface area contributed by atoms with Crippen molar-refractivity contribution in [3.8, 4) is 0 Å². The second-order valence-corrected chi connectivity index (χ2v) is 10.5. The van der Waals surface area contributed by atoms with Gasteiger partial charge < -0.3 is 18.4 Å². The van der Waals surface area contributed by atoms with Crippen molar-refractivity contribution in [1.29, 1.82) is 0 Å². The summed E-state index contributed by atoms with van der Waals surface area (Å²) in [6.45, 7) is 8.47. The molecule has 0 aromatic rings. The van der Waals surface area contributed by atoms with Crippen LogP contribution in [-0.4, -0.2) is 40.3 Å². The lowest BCUT2D eigenvalue weighted by atomic mass is 10.0. The molecule has 28 heavy (non-hydrogen) atoms. The largest absolute Gasteiger partial charge is 0.500 e. The Morgan fingerprint density at radius 1 is 0.464 bits per heavy atom. The summed E-state index contributed by atoms with van der Waals surface area (Å²) in [7, 11) is -2.41. The molecule has 0 saturated heterocycles. The zero-order valence-corrected chi connectivity index (χ0v) is 20.3. The Bertz CT molecular complexity index is 285. The van der Waals surface area contributed by atoms with Gasteiger partial charge in [0.2, 0.25) is 0 Å². The summed E-state index contributed by atoms with van der Waals surface area (Å²) in [5, 5.41) is 8.75. The average Bonchev–Trinajstić information content (AvgIpc) is 2.68. The molecular weight excluding hydrogens is 368 g/mol. The molecule has 0 unspecified atom stereocenters. The number of hydrogen-bond donors (Lipinski definition) is 1. The Balaban J connectivity index is 3.46. The minimum absolute atomic E-state index is 0.357. The van der Waals surface area contributed by atoms with Crippen LogP contribution in [-0.2, 0) is 13.3 Å². The van der Waals surface area contributed by atoms with E-state index in [0.29, 0.717) is 26.4 Å². The van der Waals surface area contributed by atoms with Crippen LogP contribution in [0.25, 0.3) is 0 Å². The maximum absolute atomic E-state index is 8.75. The summed E-state index contributed by atoms with van der Waals surface area (Å²) in [5.74, 6) is 0. The summed E-state index contributed by atoms with van der Waals surface area (Å²) in [4.78, 5) is 0. The van der Waals surface area contributed by atoms with Crippen molar-refractivity contribution in [2.75, 3.05) is 26.4 Å². The Labute approximate surface area is 177 Å². The molecule has 4 nitrogen and oxygen atoms in total. The number of hydrogen-bond acceptors (Lipinski definition) is 4. The van der Waals surface area contributed by atoms with E-state index in [4.69, 9.17) is 18.4 Å². The SMILES string of the molecule is CCO[Si](CCCCCCCCCCCCCCCCCO)(OCC)OCC. The molecular formula is C23H50O4Si. The highest BCUT2D eigenvalue weighted by atomic mass is 28.4. The minimum atomic E-state index is -2.41. The zero-order chi connectivity index (χ0) is 20.8. The van der Waals surface area contributed by atoms with Gasteiger partial charge >= 0.3 is 8.80 Å². The molecule has 0 amide bonds. The molecule has 5 heteroatoms. The molecule has 0 aromatic carbocycles. The van der Waals surface area contributed by atoms with Crippen LogP contribution in [0, 0.1) is 0 Å². The molecule has 0 spiro atoms. The van der Waals surface area contributed by atoms with E-state index in [2.05, 4.69) is 0 Å². The first-order chi connectivity index (χ1) is 13.7. The van der Waals surface area contributed by atoms with Gasteiger partial charge in [-0.2, -0.15) is 0 Å². The molecule has 0 heterocycles. The Morgan fingerprint density at radius 3 is 1.04 bits per heavy atom. The van der Waals surface area contributed by atoms with Gasteiger partial charge in [0.15, 0.2) is 0 Å². The first-order valence-corrected chi connectivity index (χ1v) is 14.2. The van der Waals surface area contributed by atoms with Crippen LogP contribution in [0.1, 0.15) is 117 Å². The van der Waals surface area contributed by atoms with Crippen molar-refractivity contribution >= 4 is 8.80 Å². The predicted octanol–water partition coefficient (Wildman–Crippen LogP) is 6.88. The number of rotatable bonds is 23. The first kappa shape index (κ1) is 28.1. The molecule has 0 aromatic heterocycles. The Morgan fingerprint density at radius 2 is 0.750 bits per heavy atom. The third-order valence-electron chi connectivity index (χ3n) is 5.23. The Hall–Kier alpha value is 0.0569. The van der Waals surface area contributed by atoms with Gasteiger partial charge in [0.25, 0.3) is 0 Å². The van der Waals surface area contributed by atoms with E-state index in [1.54, 1.807) is 0 Å². The molecule has 0 atom stereocenters. The van der Waals surface area contributed by atoms with Crippen molar-refractivity contribution in [3.63, 3.8) is 0 Å². The van der Waals surface area contributed by atoms with Crippen LogP contribution in [0.4, 0.5) is 0 Å². The summed E-state index contributed by atoms with van der Waals surface area (Å²) in [6, 6.07) is 0.961. The lowest BCUT2D eigenvalue weighted by Crippen LogP contribution is -2.45. The van der Waals surface area contributed by atoms with E-state index < -0.39 is 8.80 Å². The van der Waals surface area contributed by atoms with E-state index in [1.807, 2.05) is 20.8 Å². The second kappa shape index (κ2) is 21.8. The van der Waals surface area contributed by atoms with Gasteiger partial charge in [-0.1, -0.05) is 83.5 Å². The van der Waals surface area contributed by atoms with Crippen molar-refractivity contribution < 1.29 is 18.4 Å². The molecule has 0 aliphatic heterocycles. The summed E-state index contributed by atoms with van der Waals surface area (Å²) in [5.41, 5.74) is 0. The minimum Gasteiger partial charge on any atom is -0.396 e. The first-order valence-electron chi connectivity index (χ1n) is 12.3. The average molecular weight is 419 g/mol. The highest BCUT2D eigenvalue weighted by Gasteiger charge is 2.39. The lowest BCUT2D eigenvalue weighted by Gasteiger charge is -2.28. The van der Waals surface area contributed by atoms with E-state index in [0.717, 1.165) is 18.9 Å². The fraction of sp³-hybridized carbons (Fsp3) is 1.00. The smallest absolute Gasteiger partial charge is 0.396 e. The van der Waals surface area contributed by atoms with Gasteiger partial charge in [0, 0.05) is 32.5 Å². The van der Waals surface area contributed by atoms with Gasteiger partial charge in [-0.05, 0) is 33.6 Å². The van der Waals surface area contributed by atoms with Crippen LogP contribution in [0.15, 0.2) is 0 Å². The van der Waals surface area contributed by atoms with E-state index in [1.165, 1.54) is 83.5 Å². The number of aliphatic hydroxyl groups is 1. The monoisotopic (exact) mass is 418 g/mol. The maximum atomic E-state index is 8.75. The van der Waals surface area contributed by atoms with E-state index in [-0.39, 0.29) is 0 Å². The lowest BCUT2D eigenvalue weighted by molar-refractivity contribution is 0.0706. The summed E-state index contributed by atoms with van der Waals surface area (Å²) < 4.78 is 17.8. The fourth-order valence-electron chi connectivity index (χ4n) is 3.75. The predicted molar refractivity (Wildman–Crippen MR) is 122 cm³/mol. The normalized spacial score (nSPS) is 12.0. The zero-order valence-electron chi connectivity index (χ0n) is 19.3. The van der Waals surface area contributed by atoms with Crippen LogP contribution < -0.4 is 0 Å². The molecule has 0 saturated carbocycles. The fourth-order valence-corrected chi connectivity index (χ4v) is 6.44. The molecule has 1 N–H and O–H groups in total. The third kappa shape index (κ3) is 17.0.